The third-order valence-electron chi connectivity index (χ3n) is 0. The zero-order valence-electron chi connectivity index (χ0n) is 7.34. The van der Waals surface area contributed by atoms with Crippen LogP contribution in [0.15, 0.2) is 0 Å². The van der Waals surface area contributed by atoms with Crippen LogP contribution in [0.2, 0.25) is 0 Å². The van der Waals surface area contributed by atoms with Crippen LogP contribution in [0.1, 0.15) is 20.8 Å². The molecule has 3 N–H and O–H groups in total. The fraction of sp³-hybridized carbons (Fsp3) is 1.00. The monoisotopic (exact) mass is 313 g/mol. The summed E-state index contributed by atoms with van der Waals surface area (Å²) in [7, 11) is 0. The van der Waals surface area contributed by atoms with Crippen LogP contribution in [0.25, 0.3) is 0 Å². The summed E-state index contributed by atoms with van der Waals surface area (Å²) in [6.07, 6.45) is 0. The van der Waals surface area contributed by atoms with E-state index in [0.29, 0.717) is 0 Å². The summed E-state index contributed by atoms with van der Waals surface area (Å²) < 4.78 is 0. The van der Waals surface area contributed by atoms with Gasteiger partial charge in [-0.15, -0.1) is 0 Å². The first-order chi connectivity index (χ1) is 4.24. The van der Waals surface area contributed by atoms with E-state index >= 15 is 0 Å². The number of aliphatic hydroxyl groups excluding tert-OH is 3. The second-order valence-electron chi connectivity index (χ2n) is 0.949. The van der Waals surface area contributed by atoms with E-state index in [4.69, 9.17) is 15.3 Å². The molecule has 0 aromatic carbocycles. The minimum absolute atomic E-state index is 0. The summed E-state index contributed by atoms with van der Waals surface area (Å²) in [5.74, 6) is 0. The Balaban J connectivity index is -0.0000000150. The van der Waals surface area contributed by atoms with E-state index < -0.39 is 0 Å². The molecule has 0 radical (unpaired) electrons. The third kappa shape index (κ3) is 561. The van der Waals surface area contributed by atoms with Crippen LogP contribution in [0, 0.1) is 0 Å². The Morgan fingerprint density at radius 2 is 0.727 bits per heavy atom. The third-order valence-corrected chi connectivity index (χ3v) is 0. The van der Waals surface area contributed by atoms with Crippen molar-refractivity contribution >= 4 is 0 Å². The van der Waals surface area contributed by atoms with Crippen molar-refractivity contribution in [2.24, 2.45) is 0 Å². The summed E-state index contributed by atoms with van der Waals surface area (Å²) in [6.45, 7) is 5.79. The molecule has 0 bridgehead atoms. The average molecular weight is 313 g/mol. The zero-order valence-corrected chi connectivity index (χ0v) is 11.1. The number of hydrogen-bond acceptors (Lipinski definition) is 3. The van der Waals surface area contributed by atoms with Crippen LogP contribution in [-0.4, -0.2) is 35.1 Å². The first-order valence-corrected chi connectivity index (χ1v) is 3.07. The van der Waals surface area contributed by atoms with Gasteiger partial charge in [0.1, 0.15) is 0 Å². The Bertz CT molecular complexity index is 22.5. The molecule has 0 fully saturated rings. The maximum atomic E-state index is 7.57. The van der Waals surface area contributed by atoms with Crippen molar-refractivity contribution in [3.8, 4) is 0 Å². The Labute approximate surface area is 101 Å². The summed E-state index contributed by atoms with van der Waals surface area (Å²) >= 11 is 0. The van der Waals surface area contributed by atoms with E-state index in [1.54, 1.807) is 20.8 Å². The Morgan fingerprint density at radius 3 is 0.727 bits per heavy atom. The molecule has 3 nitrogen and oxygen atoms in total. The topological polar surface area (TPSA) is 60.7 Å². The smallest absolute Gasteiger partial charge is 0.0402 e. The fourth-order valence-corrected chi connectivity index (χ4v) is 0. The maximum Gasteiger partial charge on any atom is 0.0402 e. The average Bonchev–Trinajstić information content (AvgIpc) is 1.70. The van der Waals surface area contributed by atoms with Crippen molar-refractivity contribution in [3.63, 3.8) is 0 Å². The molecule has 0 aliphatic carbocycles. The van der Waals surface area contributed by atoms with E-state index in [1.807, 2.05) is 0 Å². The van der Waals surface area contributed by atoms with Gasteiger partial charge in [0.2, 0.25) is 0 Å². The molecule has 0 spiro atoms. The number of halogens is 1. The number of hydrogen-bond donors (Lipinski definition) is 3. The molecule has 0 saturated carbocycles. The zero-order chi connectivity index (χ0) is 8.12. The van der Waals surface area contributed by atoms with E-state index in [0.717, 1.165) is 0 Å². The van der Waals surface area contributed by atoms with Gasteiger partial charge in [0.05, 0.1) is 0 Å². The SMILES string of the molecule is CCO.CCO.CCO.[I-].[Ti]. The van der Waals surface area contributed by atoms with Gasteiger partial charge in [-0.1, -0.05) is 0 Å². The van der Waals surface area contributed by atoms with Gasteiger partial charge >= 0.3 is 0 Å². The summed E-state index contributed by atoms with van der Waals surface area (Å²) in [5.41, 5.74) is 0. The molecule has 0 aromatic rings. The van der Waals surface area contributed by atoms with Crippen molar-refractivity contribution in [1.82, 2.24) is 0 Å². The fourth-order valence-electron chi connectivity index (χ4n) is 0. The van der Waals surface area contributed by atoms with Crippen molar-refractivity contribution < 1.29 is 61.0 Å². The standard InChI is InChI=1S/3C2H6O.HI.Ti/c3*1-2-3;;/h3*3H,2H2,1H3;1H;/p-1. The minimum atomic E-state index is 0. The number of rotatable bonds is 0. The molecule has 0 amide bonds. The first-order valence-electron chi connectivity index (χ1n) is 3.07. The van der Waals surface area contributed by atoms with Crippen molar-refractivity contribution in [1.29, 1.82) is 0 Å². The van der Waals surface area contributed by atoms with Gasteiger partial charge in [-0.2, -0.15) is 0 Å². The summed E-state index contributed by atoms with van der Waals surface area (Å²) in [5, 5.41) is 22.7. The summed E-state index contributed by atoms with van der Waals surface area (Å²) in [4.78, 5) is 0. The van der Waals surface area contributed by atoms with Crippen LogP contribution in [0.4, 0.5) is 0 Å². The molecule has 0 saturated heterocycles. The normalized spacial score (nSPS) is 4.91. The van der Waals surface area contributed by atoms with Crippen LogP contribution in [0.5, 0.6) is 0 Å². The largest absolute Gasteiger partial charge is 1.00 e. The Morgan fingerprint density at radius 1 is 0.727 bits per heavy atom. The first kappa shape index (κ1) is 29.5. The molecule has 0 aliphatic heterocycles. The maximum absolute atomic E-state index is 7.57. The van der Waals surface area contributed by atoms with Crippen LogP contribution < -0.4 is 24.0 Å². The molecule has 11 heavy (non-hydrogen) atoms. The van der Waals surface area contributed by atoms with E-state index in [9.17, 15) is 0 Å². The van der Waals surface area contributed by atoms with E-state index in [2.05, 4.69) is 0 Å². The Kier molecular flexibility index (Phi) is 173. The van der Waals surface area contributed by atoms with Crippen molar-refractivity contribution in [3.05, 3.63) is 0 Å². The van der Waals surface area contributed by atoms with Gasteiger partial charge in [0.25, 0.3) is 0 Å². The predicted octanol–water partition coefficient (Wildman–Crippen LogP) is -3.00. The van der Waals surface area contributed by atoms with Gasteiger partial charge in [0.15, 0.2) is 0 Å². The molecule has 0 aromatic heterocycles. The quantitative estimate of drug-likeness (QED) is 0.330. The molecule has 0 unspecified atom stereocenters. The second-order valence-corrected chi connectivity index (χ2v) is 0.949. The van der Waals surface area contributed by atoms with Gasteiger partial charge in [-0.3, -0.25) is 0 Å². The van der Waals surface area contributed by atoms with Gasteiger partial charge in [-0.05, 0) is 20.8 Å². The minimum Gasteiger partial charge on any atom is -1.00 e. The predicted molar refractivity (Wildman–Crippen MR) is 38.3 cm³/mol. The molecule has 0 atom stereocenters. The molecule has 0 heterocycles. The van der Waals surface area contributed by atoms with E-state index in [-0.39, 0.29) is 65.5 Å². The van der Waals surface area contributed by atoms with Gasteiger partial charge in [-0.25, -0.2) is 0 Å². The van der Waals surface area contributed by atoms with Crippen LogP contribution in [0.3, 0.4) is 0 Å². The molecule has 72 valence electrons. The van der Waals surface area contributed by atoms with Crippen molar-refractivity contribution in [2.45, 2.75) is 20.8 Å². The van der Waals surface area contributed by atoms with Crippen molar-refractivity contribution in [2.75, 3.05) is 19.8 Å². The van der Waals surface area contributed by atoms with Crippen LogP contribution >= 0.6 is 0 Å². The molecular formula is C6H18IO3Ti-. The molecule has 0 rings (SSSR count). The Hall–Kier alpha value is 1.32. The molecule has 0 aliphatic rings. The van der Waals surface area contributed by atoms with Crippen LogP contribution in [-0.2, 0) is 21.7 Å². The summed E-state index contributed by atoms with van der Waals surface area (Å²) in [6, 6.07) is 0. The molecule has 5 heteroatoms. The molecular weight excluding hydrogens is 295 g/mol. The second kappa shape index (κ2) is 64.6. The van der Waals surface area contributed by atoms with E-state index in [1.165, 1.54) is 0 Å². The number of aliphatic hydroxyl groups is 3. The van der Waals surface area contributed by atoms with Gasteiger partial charge < -0.3 is 39.3 Å². The van der Waals surface area contributed by atoms with Gasteiger partial charge in [0, 0.05) is 41.5 Å².